The molecule has 0 aliphatic rings. The summed E-state index contributed by atoms with van der Waals surface area (Å²) in [6.45, 7) is 2.56. The number of aromatic nitrogens is 4. The number of rotatable bonds is 8. The van der Waals surface area contributed by atoms with E-state index >= 15 is 0 Å². The molecule has 0 fully saturated rings. The van der Waals surface area contributed by atoms with Crippen molar-refractivity contribution < 1.29 is 14.3 Å². The minimum absolute atomic E-state index is 0.0657. The first-order valence-electron chi connectivity index (χ1n) is 8.82. The Bertz CT molecular complexity index is 888. The molecular weight excluding hydrogens is 346 g/mol. The summed E-state index contributed by atoms with van der Waals surface area (Å²) in [5, 5.41) is 21.6. The van der Waals surface area contributed by atoms with Crippen LogP contribution in [0.4, 0.5) is 0 Å². The second-order valence-electron chi connectivity index (χ2n) is 6.32. The topological polar surface area (TPSA) is 97.3 Å². The van der Waals surface area contributed by atoms with Gasteiger partial charge >= 0.3 is 0 Å². The third-order valence-electron chi connectivity index (χ3n) is 4.18. The number of aliphatic hydroxyl groups is 1. The lowest BCUT2D eigenvalue weighted by atomic mass is 10.2. The van der Waals surface area contributed by atoms with E-state index in [0.29, 0.717) is 24.7 Å². The zero-order valence-corrected chi connectivity index (χ0v) is 15.5. The summed E-state index contributed by atoms with van der Waals surface area (Å²) >= 11 is 0. The SMILES string of the molecule is Cc1cc(-c2nnc(CCC(=O)N(CCO)Cc3ccccc3)o2)n(C)n1. The molecule has 27 heavy (non-hydrogen) atoms. The Morgan fingerprint density at radius 3 is 2.70 bits per heavy atom. The predicted octanol–water partition coefficient (Wildman–Crippen LogP) is 1.73. The molecule has 0 unspecified atom stereocenters. The van der Waals surface area contributed by atoms with Gasteiger partial charge in [0.15, 0.2) is 0 Å². The first-order valence-corrected chi connectivity index (χ1v) is 8.82. The summed E-state index contributed by atoms with van der Waals surface area (Å²) in [5.41, 5.74) is 2.62. The van der Waals surface area contributed by atoms with Gasteiger partial charge in [-0.05, 0) is 18.6 Å². The highest BCUT2D eigenvalue weighted by Crippen LogP contribution is 2.19. The average Bonchev–Trinajstić information content (AvgIpc) is 3.26. The highest BCUT2D eigenvalue weighted by Gasteiger charge is 2.17. The van der Waals surface area contributed by atoms with Gasteiger partial charge in [0.25, 0.3) is 5.89 Å². The quantitative estimate of drug-likeness (QED) is 0.649. The number of aliphatic hydroxyl groups excluding tert-OH is 1. The van der Waals surface area contributed by atoms with Gasteiger partial charge in [0.05, 0.1) is 12.3 Å². The van der Waals surface area contributed by atoms with E-state index in [4.69, 9.17) is 4.42 Å². The van der Waals surface area contributed by atoms with Crippen LogP contribution in [-0.4, -0.2) is 49.0 Å². The lowest BCUT2D eigenvalue weighted by molar-refractivity contribution is -0.132. The van der Waals surface area contributed by atoms with Gasteiger partial charge in [-0.2, -0.15) is 5.10 Å². The largest absolute Gasteiger partial charge is 0.419 e. The van der Waals surface area contributed by atoms with Gasteiger partial charge < -0.3 is 14.4 Å². The van der Waals surface area contributed by atoms with Crippen LogP contribution in [0.3, 0.4) is 0 Å². The van der Waals surface area contributed by atoms with Crippen molar-refractivity contribution in [2.24, 2.45) is 7.05 Å². The fourth-order valence-corrected chi connectivity index (χ4v) is 2.86. The van der Waals surface area contributed by atoms with Gasteiger partial charge in [0.1, 0.15) is 5.69 Å². The molecular formula is C19H23N5O3. The summed E-state index contributed by atoms with van der Waals surface area (Å²) in [5.74, 6) is 0.724. The first kappa shape index (κ1) is 18.8. The Hall–Kier alpha value is -3.00. The van der Waals surface area contributed by atoms with E-state index < -0.39 is 0 Å². The molecule has 1 aromatic carbocycles. The molecule has 0 bridgehead atoms. The maximum atomic E-state index is 12.6. The molecule has 1 N–H and O–H groups in total. The molecule has 0 saturated heterocycles. The van der Waals surface area contributed by atoms with Crippen molar-refractivity contribution in [2.75, 3.05) is 13.2 Å². The van der Waals surface area contributed by atoms with E-state index in [0.717, 1.165) is 17.0 Å². The van der Waals surface area contributed by atoms with E-state index in [1.54, 1.807) is 9.58 Å². The highest BCUT2D eigenvalue weighted by atomic mass is 16.4. The summed E-state index contributed by atoms with van der Waals surface area (Å²) < 4.78 is 7.35. The first-order chi connectivity index (χ1) is 13.1. The molecule has 2 heterocycles. The average molecular weight is 369 g/mol. The third-order valence-corrected chi connectivity index (χ3v) is 4.18. The number of hydrogen-bond acceptors (Lipinski definition) is 6. The fraction of sp³-hybridized carbons (Fsp3) is 0.368. The van der Waals surface area contributed by atoms with E-state index in [2.05, 4.69) is 15.3 Å². The van der Waals surface area contributed by atoms with Crippen molar-refractivity contribution in [1.29, 1.82) is 0 Å². The van der Waals surface area contributed by atoms with Gasteiger partial charge in [0, 0.05) is 33.0 Å². The maximum Gasteiger partial charge on any atom is 0.265 e. The Morgan fingerprint density at radius 2 is 2.04 bits per heavy atom. The van der Waals surface area contributed by atoms with Crippen LogP contribution in [0, 0.1) is 6.92 Å². The second-order valence-corrected chi connectivity index (χ2v) is 6.32. The van der Waals surface area contributed by atoms with E-state index in [-0.39, 0.29) is 25.5 Å². The lowest BCUT2D eigenvalue weighted by Gasteiger charge is -2.21. The van der Waals surface area contributed by atoms with Crippen LogP contribution in [0.2, 0.25) is 0 Å². The van der Waals surface area contributed by atoms with Crippen molar-refractivity contribution in [3.05, 3.63) is 53.5 Å². The highest BCUT2D eigenvalue weighted by molar-refractivity contribution is 5.76. The minimum Gasteiger partial charge on any atom is -0.419 e. The Labute approximate surface area is 157 Å². The van der Waals surface area contributed by atoms with Crippen LogP contribution >= 0.6 is 0 Å². The number of benzene rings is 1. The monoisotopic (exact) mass is 369 g/mol. The fourth-order valence-electron chi connectivity index (χ4n) is 2.86. The Morgan fingerprint density at radius 1 is 1.26 bits per heavy atom. The van der Waals surface area contributed by atoms with Crippen molar-refractivity contribution in [2.45, 2.75) is 26.3 Å². The molecule has 2 aromatic heterocycles. The minimum atomic E-state index is -0.0802. The van der Waals surface area contributed by atoms with Gasteiger partial charge in [-0.3, -0.25) is 9.48 Å². The summed E-state index contributed by atoms with van der Waals surface area (Å²) in [4.78, 5) is 14.2. The molecule has 0 saturated carbocycles. The summed E-state index contributed by atoms with van der Waals surface area (Å²) in [6.07, 6.45) is 0.582. The smallest absolute Gasteiger partial charge is 0.265 e. The molecule has 0 spiro atoms. The molecule has 0 aliphatic carbocycles. The van der Waals surface area contributed by atoms with Gasteiger partial charge in [-0.25, -0.2) is 0 Å². The van der Waals surface area contributed by atoms with Crippen molar-refractivity contribution >= 4 is 5.91 Å². The Kier molecular flexibility index (Phi) is 5.97. The van der Waals surface area contributed by atoms with Crippen LogP contribution in [0.25, 0.3) is 11.6 Å². The molecule has 0 aliphatic heterocycles. The van der Waals surface area contributed by atoms with E-state index in [1.165, 1.54) is 0 Å². The standard InChI is InChI=1S/C19H23N5O3/c1-14-12-16(23(2)22-14)19-21-20-17(27-19)8-9-18(26)24(10-11-25)13-15-6-4-3-5-7-15/h3-7,12,25H,8-11,13H2,1-2H3. The second kappa shape index (κ2) is 8.59. The molecule has 8 nitrogen and oxygen atoms in total. The number of nitrogens with zero attached hydrogens (tertiary/aromatic N) is 5. The zero-order valence-electron chi connectivity index (χ0n) is 15.5. The molecule has 0 radical (unpaired) electrons. The molecule has 3 rings (SSSR count). The van der Waals surface area contributed by atoms with Crippen LogP contribution in [0.15, 0.2) is 40.8 Å². The number of aryl methyl sites for hydroxylation is 3. The number of amides is 1. The van der Waals surface area contributed by atoms with Crippen molar-refractivity contribution in [3.8, 4) is 11.6 Å². The lowest BCUT2D eigenvalue weighted by Crippen LogP contribution is -2.33. The summed E-state index contributed by atoms with van der Waals surface area (Å²) in [6, 6.07) is 11.6. The maximum absolute atomic E-state index is 12.6. The number of hydrogen-bond donors (Lipinski definition) is 1. The van der Waals surface area contributed by atoms with E-state index in [9.17, 15) is 9.90 Å². The van der Waals surface area contributed by atoms with Crippen LogP contribution in [0.1, 0.15) is 23.6 Å². The molecule has 142 valence electrons. The van der Waals surface area contributed by atoms with Crippen molar-refractivity contribution in [3.63, 3.8) is 0 Å². The van der Waals surface area contributed by atoms with E-state index in [1.807, 2.05) is 50.4 Å². The third kappa shape index (κ3) is 4.79. The van der Waals surface area contributed by atoms with Crippen LogP contribution in [-0.2, 0) is 24.8 Å². The number of carbonyl (C=O) groups is 1. The molecule has 0 atom stereocenters. The van der Waals surface area contributed by atoms with Gasteiger partial charge in [0.2, 0.25) is 11.8 Å². The summed E-state index contributed by atoms with van der Waals surface area (Å²) in [7, 11) is 1.81. The molecule has 8 heteroatoms. The Balaban J connectivity index is 1.61. The number of carbonyl (C=O) groups excluding carboxylic acids is 1. The van der Waals surface area contributed by atoms with Crippen molar-refractivity contribution in [1.82, 2.24) is 24.9 Å². The molecule has 3 aromatic rings. The van der Waals surface area contributed by atoms with Crippen LogP contribution in [0.5, 0.6) is 0 Å². The molecule has 1 amide bonds. The van der Waals surface area contributed by atoms with Gasteiger partial charge in [-0.1, -0.05) is 30.3 Å². The predicted molar refractivity (Wildman–Crippen MR) is 98.5 cm³/mol. The normalized spacial score (nSPS) is 10.9. The zero-order chi connectivity index (χ0) is 19.2. The van der Waals surface area contributed by atoms with Gasteiger partial charge in [-0.15, -0.1) is 10.2 Å². The van der Waals surface area contributed by atoms with Crippen LogP contribution < -0.4 is 0 Å².